The highest BCUT2D eigenvalue weighted by atomic mass is 16.5. The summed E-state index contributed by atoms with van der Waals surface area (Å²) in [6.45, 7) is 1.17. The van der Waals surface area contributed by atoms with Gasteiger partial charge in [0, 0.05) is 5.69 Å². The van der Waals surface area contributed by atoms with Crippen LogP contribution in [0.15, 0.2) is 24.3 Å². The van der Waals surface area contributed by atoms with Gasteiger partial charge in [-0.05, 0) is 55.2 Å². The number of fused-ring (bicyclic) bond motifs is 5. The van der Waals surface area contributed by atoms with Crippen molar-refractivity contribution >= 4 is 29.4 Å². The van der Waals surface area contributed by atoms with Gasteiger partial charge < -0.3 is 10.1 Å². The van der Waals surface area contributed by atoms with Crippen LogP contribution in [-0.4, -0.2) is 41.7 Å². The van der Waals surface area contributed by atoms with E-state index in [0.717, 1.165) is 36.1 Å². The Hall–Kier alpha value is -2.70. The Morgan fingerprint density at radius 2 is 1.68 bits per heavy atom. The van der Waals surface area contributed by atoms with E-state index in [1.54, 1.807) is 12.1 Å². The van der Waals surface area contributed by atoms with Crippen LogP contribution in [0.25, 0.3) is 0 Å². The Morgan fingerprint density at radius 3 is 2.25 bits per heavy atom. The summed E-state index contributed by atoms with van der Waals surface area (Å²) in [4.78, 5) is 50.2. The van der Waals surface area contributed by atoms with Crippen LogP contribution in [0.2, 0.25) is 0 Å². The van der Waals surface area contributed by atoms with Gasteiger partial charge in [-0.15, -0.1) is 0 Å². The second-order valence-electron chi connectivity index (χ2n) is 7.91. The summed E-state index contributed by atoms with van der Waals surface area (Å²) in [6.07, 6.45) is 3.83. The van der Waals surface area contributed by atoms with E-state index in [4.69, 9.17) is 4.74 Å². The van der Waals surface area contributed by atoms with Crippen molar-refractivity contribution in [3.05, 3.63) is 29.8 Å². The van der Waals surface area contributed by atoms with E-state index < -0.39 is 25.0 Å². The summed E-state index contributed by atoms with van der Waals surface area (Å²) >= 11 is 0. The third-order valence-electron chi connectivity index (χ3n) is 6.32. The highest BCUT2D eigenvalue weighted by Crippen LogP contribution is 2.56. The molecule has 1 N–H and O–H groups in total. The van der Waals surface area contributed by atoms with E-state index in [0.29, 0.717) is 5.69 Å². The number of imide groups is 1. The standard InChI is InChI=1S/C21H24N2O5/c1-2-12-3-7-15(8-4-12)22-16(24)11-28-17(25)10-23-20(26)18-13-5-6-14(9-13)19(18)21(23)27/h3-4,7-8,13-14,18-19H,2,5-6,9-11H2,1H3,(H,22,24)/t13-,14+,18-,19+. The molecule has 4 rings (SSSR count). The van der Waals surface area contributed by atoms with Gasteiger partial charge in [0.1, 0.15) is 6.54 Å². The quantitative estimate of drug-likeness (QED) is 0.596. The molecule has 0 spiro atoms. The first-order valence-electron chi connectivity index (χ1n) is 9.87. The number of amides is 3. The maximum Gasteiger partial charge on any atom is 0.326 e. The highest BCUT2D eigenvalue weighted by molar-refractivity contribution is 6.07. The average Bonchev–Trinajstić information content (AvgIpc) is 3.37. The molecular weight excluding hydrogens is 360 g/mol. The predicted octanol–water partition coefficient (Wildman–Crippen LogP) is 1.76. The largest absolute Gasteiger partial charge is 0.454 e. The van der Waals surface area contributed by atoms with E-state index >= 15 is 0 Å². The SMILES string of the molecule is CCc1ccc(NC(=O)COC(=O)CN2C(=O)[C@@H]3[C@@H]4CC[C@@H](C4)[C@@H]3C2=O)cc1. The monoisotopic (exact) mass is 384 g/mol. The summed E-state index contributed by atoms with van der Waals surface area (Å²) in [7, 11) is 0. The lowest BCUT2D eigenvalue weighted by atomic mass is 9.81. The molecule has 2 aliphatic carbocycles. The van der Waals surface area contributed by atoms with Crippen molar-refractivity contribution in [3.63, 3.8) is 0 Å². The molecule has 1 aliphatic heterocycles. The number of likely N-dealkylation sites (tertiary alicyclic amines) is 1. The van der Waals surface area contributed by atoms with Crippen LogP contribution in [0.3, 0.4) is 0 Å². The van der Waals surface area contributed by atoms with E-state index in [1.165, 1.54) is 0 Å². The summed E-state index contributed by atoms with van der Waals surface area (Å²) in [5, 5.41) is 2.65. The van der Waals surface area contributed by atoms with Gasteiger partial charge in [0.25, 0.3) is 5.91 Å². The van der Waals surface area contributed by atoms with Crippen LogP contribution in [0, 0.1) is 23.7 Å². The molecule has 1 aromatic rings. The van der Waals surface area contributed by atoms with Gasteiger partial charge in [0.05, 0.1) is 11.8 Å². The fourth-order valence-corrected chi connectivity index (χ4v) is 4.97. The van der Waals surface area contributed by atoms with Crippen molar-refractivity contribution in [2.45, 2.75) is 32.6 Å². The molecule has 0 aromatic heterocycles. The number of aryl methyl sites for hydroxylation is 1. The zero-order chi connectivity index (χ0) is 19.8. The van der Waals surface area contributed by atoms with Gasteiger partial charge in [-0.1, -0.05) is 19.1 Å². The van der Waals surface area contributed by atoms with Crippen LogP contribution < -0.4 is 5.32 Å². The van der Waals surface area contributed by atoms with Crippen molar-refractivity contribution in [1.82, 2.24) is 4.90 Å². The highest BCUT2D eigenvalue weighted by Gasteiger charge is 2.61. The molecule has 3 aliphatic rings. The van der Waals surface area contributed by atoms with E-state index in [9.17, 15) is 19.2 Å². The van der Waals surface area contributed by atoms with Crippen molar-refractivity contribution in [2.24, 2.45) is 23.7 Å². The van der Waals surface area contributed by atoms with Crippen LogP contribution in [0.4, 0.5) is 5.69 Å². The molecule has 3 fully saturated rings. The number of nitrogens with one attached hydrogen (secondary N) is 1. The van der Waals surface area contributed by atoms with E-state index in [1.807, 2.05) is 19.1 Å². The lowest BCUT2D eigenvalue weighted by molar-refractivity contribution is -0.154. The van der Waals surface area contributed by atoms with E-state index in [-0.39, 0.29) is 35.5 Å². The molecule has 3 amide bonds. The van der Waals surface area contributed by atoms with Gasteiger partial charge in [0.2, 0.25) is 11.8 Å². The summed E-state index contributed by atoms with van der Waals surface area (Å²) in [5.74, 6) is -1.67. The van der Waals surface area contributed by atoms with Gasteiger partial charge in [-0.3, -0.25) is 24.1 Å². The molecule has 1 aromatic carbocycles. The van der Waals surface area contributed by atoms with Gasteiger partial charge in [0.15, 0.2) is 6.61 Å². The van der Waals surface area contributed by atoms with Gasteiger partial charge in [-0.25, -0.2) is 0 Å². The first kappa shape index (κ1) is 18.7. The van der Waals surface area contributed by atoms with Crippen LogP contribution in [0.1, 0.15) is 31.7 Å². The number of hydrogen-bond donors (Lipinski definition) is 1. The maximum atomic E-state index is 12.6. The van der Waals surface area contributed by atoms with E-state index in [2.05, 4.69) is 5.32 Å². The molecule has 2 saturated carbocycles. The molecule has 28 heavy (non-hydrogen) atoms. The Kier molecular flexibility index (Phi) is 4.91. The first-order valence-corrected chi connectivity index (χ1v) is 9.87. The number of nitrogens with zero attached hydrogens (tertiary/aromatic N) is 1. The lowest BCUT2D eigenvalue weighted by Gasteiger charge is -2.19. The Bertz CT molecular complexity index is 791. The number of carbonyl (C=O) groups is 4. The summed E-state index contributed by atoms with van der Waals surface area (Å²) < 4.78 is 4.97. The molecule has 7 heteroatoms. The van der Waals surface area contributed by atoms with Crippen molar-refractivity contribution < 1.29 is 23.9 Å². The normalized spacial score (nSPS) is 27.8. The third kappa shape index (κ3) is 3.30. The van der Waals surface area contributed by atoms with Gasteiger partial charge >= 0.3 is 5.97 Å². The number of ether oxygens (including phenoxy) is 1. The average molecular weight is 384 g/mol. The lowest BCUT2D eigenvalue weighted by Crippen LogP contribution is -2.38. The van der Waals surface area contributed by atoms with Crippen molar-refractivity contribution in [2.75, 3.05) is 18.5 Å². The number of benzene rings is 1. The van der Waals surface area contributed by atoms with Crippen LogP contribution >= 0.6 is 0 Å². The molecule has 148 valence electrons. The number of carbonyl (C=O) groups excluding carboxylic acids is 4. The minimum Gasteiger partial charge on any atom is -0.454 e. The smallest absolute Gasteiger partial charge is 0.326 e. The second-order valence-corrected chi connectivity index (χ2v) is 7.91. The maximum absolute atomic E-state index is 12.6. The minimum absolute atomic E-state index is 0.250. The fraction of sp³-hybridized carbons (Fsp3) is 0.524. The molecule has 0 radical (unpaired) electrons. The topological polar surface area (TPSA) is 92.8 Å². The summed E-state index contributed by atoms with van der Waals surface area (Å²) in [5.41, 5.74) is 1.77. The number of anilines is 1. The molecule has 1 saturated heterocycles. The predicted molar refractivity (Wildman–Crippen MR) is 99.9 cm³/mol. The number of hydrogen-bond acceptors (Lipinski definition) is 5. The van der Waals surface area contributed by atoms with Crippen molar-refractivity contribution in [3.8, 4) is 0 Å². The third-order valence-corrected chi connectivity index (χ3v) is 6.32. The molecule has 1 heterocycles. The Balaban J connectivity index is 1.27. The number of esters is 1. The second kappa shape index (κ2) is 7.37. The molecule has 7 nitrogen and oxygen atoms in total. The van der Waals surface area contributed by atoms with Crippen molar-refractivity contribution in [1.29, 1.82) is 0 Å². The Labute approximate surface area is 163 Å². The zero-order valence-electron chi connectivity index (χ0n) is 15.8. The molecule has 2 bridgehead atoms. The molecule has 4 atom stereocenters. The first-order chi connectivity index (χ1) is 13.5. The summed E-state index contributed by atoms with van der Waals surface area (Å²) in [6, 6.07) is 7.40. The fourth-order valence-electron chi connectivity index (χ4n) is 4.97. The van der Waals surface area contributed by atoms with Gasteiger partial charge in [-0.2, -0.15) is 0 Å². The minimum atomic E-state index is -0.745. The Morgan fingerprint density at radius 1 is 1.07 bits per heavy atom. The number of rotatable bonds is 6. The van der Waals surface area contributed by atoms with Crippen LogP contribution in [0.5, 0.6) is 0 Å². The zero-order valence-corrected chi connectivity index (χ0v) is 15.8. The molecular formula is C21H24N2O5. The molecule has 0 unspecified atom stereocenters. The van der Waals surface area contributed by atoms with Crippen LogP contribution in [-0.2, 0) is 30.3 Å².